The third kappa shape index (κ3) is 3.59. The fourth-order valence-electron chi connectivity index (χ4n) is 2.20. The largest absolute Gasteiger partial charge is 0.242 e. The van der Waals surface area contributed by atoms with Gasteiger partial charge in [-0.25, -0.2) is 8.42 Å². The molecule has 0 saturated heterocycles. The monoisotopic (exact) mass is 294 g/mol. The molecule has 20 heavy (non-hydrogen) atoms. The number of hydrogen-bond donors (Lipinski definition) is 1. The number of hydrogen-bond acceptors (Lipinski definition) is 3. The lowest BCUT2D eigenvalue weighted by molar-refractivity contribution is 0.350. The van der Waals surface area contributed by atoms with Crippen LogP contribution in [0.3, 0.4) is 0 Å². The van der Waals surface area contributed by atoms with E-state index in [1.807, 2.05) is 45.9 Å². The average Bonchev–Trinajstić information content (AvgIpc) is 2.22. The first kappa shape index (κ1) is 16.7. The van der Waals surface area contributed by atoms with E-state index in [9.17, 15) is 13.7 Å². The summed E-state index contributed by atoms with van der Waals surface area (Å²) in [5.74, 6) is 0. The second-order valence-corrected chi connectivity index (χ2v) is 7.93. The average molecular weight is 294 g/mol. The van der Waals surface area contributed by atoms with Gasteiger partial charge in [0, 0.05) is 0 Å². The first-order chi connectivity index (χ1) is 8.99. The van der Waals surface area contributed by atoms with E-state index in [1.165, 1.54) is 0 Å². The molecule has 0 radical (unpaired) electrons. The number of sulfonamides is 1. The van der Waals surface area contributed by atoms with E-state index >= 15 is 0 Å². The van der Waals surface area contributed by atoms with Gasteiger partial charge >= 0.3 is 0 Å². The minimum Gasteiger partial charge on any atom is -0.207 e. The summed E-state index contributed by atoms with van der Waals surface area (Å²) in [7, 11) is -3.71. The molecule has 1 aromatic rings. The van der Waals surface area contributed by atoms with E-state index in [4.69, 9.17) is 0 Å². The third-order valence-corrected chi connectivity index (χ3v) is 4.87. The molecule has 1 atom stereocenters. The summed E-state index contributed by atoms with van der Waals surface area (Å²) in [4.78, 5) is 0.271. The van der Waals surface area contributed by atoms with Crippen LogP contribution in [0.25, 0.3) is 0 Å². The molecule has 0 aliphatic carbocycles. The quantitative estimate of drug-likeness (QED) is 0.932. The lowest BCUT2D eigenvalue weighted by Gasteiger charge is -2.26. The number of nitrogens with one attached hydrogen (secondary N) is 1. The molecule has 0 amide bonds. The molecule has 0 fully saturated rings. The zero-order valence-electron chi connectivity index (χ0n) is 12.9. The van der Waals surface area contributed by atoms with Crippen molar-refractivity contribution < 1.29 is 8.42 Å². The fraction of sp³-hybridized carbons (Fsp3) is 0.533. The van der Waals surface area contributed by atoms with Crippen LogP contribution in [0.2, 0.25) is 0 Å². The molecule has 4 nitrogen and oxygen atoms in total. The molecule has 0 spiro atoms. The van der Waals surface area contributed by atoms with Crippen LogP contribution < -0.4 is 4.72 Å². The van der Waals surface area contributed by atoms with Crippen LogP contribution in [-0.4, -0.2) is 14.5 Å². The van der Waals surface area contributed by atoms with Gasteiger partial charge in [0.05, 0.1) is 11.0 Å². The van der Waals surface area contributed by atoms with Crippen molar-refractivity contribution in [2.75, 3.05) is 0 Å². The highest BCUT2D eigenvalue weighted by molar-refractivity contribution is 7.89. The van der Waals surface area contributed by atoms with E-state index < -0.39 is 21.5 Å². The Kier molecular flexibility index (Phi) is 4.62. The van der Waals surface area contributed by atoms with Gasteiger partial charge in [0.15, 0.2) is 0 Å². The molecule has 0 aliphatic heterocycles. The maximum atomic E-state index is 12.5. The predicted octanol–water partition coefficient (Wildman–Crippen LogP) is 2.83. The van der Waals surface area contributed by atoms with Crippen molar-refractivity contribution in [3.05, 3.63) is 28.8 Å². The minimum absolute atomic E-state index is 0.271. The van der Waals surface area contributed by atoms with E-state index in [0.717, 1.165) is 5.56 Å². The van der Waals surface area contributed by atoms with Crippen molar-refractivity contribution in [2.24, 2.45) is 5.41 Å². The van der Waals surface area contributed by atoms with Crippen molar-refractivity contribution in [2.45, 2.75) is 52.5 Å². The first-order valence-corrected chi connectivity index (χ1v) is 7.97. The normalized spacial score (nSPS) is 13.8. The smallest absolute Gasteiger partial charge is 0.207 e. The Morgan fingerprint density at radius 2 is 1.60 bits per heavy atom. The van der Waals surface area contributed by atoms with Crippen molar-refractivity contribution >= 4 is 10.0 Å². The predicted molar refractivity (Wildman–Crippen MR) is 79.8 cm³/mol. The van der Waals surface area contributed by atoms with Crippen molar-refractivity contribution in [3.8, 4) is 6.07 Å². The van der Waals surface area contributed by atoms with Gasteiger partial charge in [0.1, 0.15) is 6.04 Å². The van der Waals surface area contributed by atoms with Gasteiger partial charge < -0.3 is 0 Å². The fourth-order valence-corrected chi connectivity index (χ4v) is 4.00. The maximum absolute atomic E-state index is 12.5. The molecule has 0 saturated carbocycles. The summed E-state index contributed by atoms with van der Waals surface area (Å²) >= 11 is 0. The molecule has 110 valence electrons. The Bertz CT molecular complexity index is 626. The second-order valence-electron chi connectivity index (χ2n) is 6.28. The topological polar surface area (TPSA) is 70.0 Å². The van der Waals surface area contributed by atoms with Crippen LogP contribution in [0.15, 0.2) is 17.0 Å². The minimum atomic E-state index is -3.71. The molecule has 1 aromatic carbocycles. The summed E-state index contributed by atoms with van der Waals surface area (Å²) in [6, 6.07) is 4.92. The van der Waals surface area contributed by atoms with E-state index in [2.05, 4.69) is 4.72 Å². The second kappa shape index (κ2) is 5.55. The number of benzene rings is 1. The summed E-state index contributed by atoms with van der Waals surface area (Å²) < 4.78 is 27.6. The number of rotatable bonds is 3. The van der Waals surface area contributed by atoms with Gasteiger partial charge in [-0.1, -0.05) is 38.5 Å². The van der Waals surface area contributed by atoms with Crippen LogP contribution in [0.4, 0.5) is 0 Å². The van der Waals surface area contributed by atoms with Gasteiger partial charge in [-0.2, -0.15) is 9.98 Å². The Labute approximate surface area is 121 Å². The molecular formula is C15H22N2O2S. The molecule has 0 aliphatic rings. The summed E-state index contributed by atoms with van der Waals surface area (Å²) in [5, 5.41) is 9.18. The lowest BCUT2D eigenvalue weighted by atomic mass is 9.88. The standard InChI is InChI=1S/C15H22N2O2S/c1-10-7-11(2)14(12(3)8-10)20(18,19)17-13(9-16)15(4,5)6/h7-8,13,17H,1-6H3/t13-/m0/s1. The zero-order chi connectivity index (χ0) is 15.7. The Morgan fingerprint density at radius 1 is 1.15 bits per heavy atom. The first-order valence-electron chi connectivity index (χ1n) is 6.49. The molecule has 0 bridgehead atoms. The van der Waals surface area contributed by atoms with Gasteiger partial charge in [-0.3, -0.25) is 0 Å². The van der Waals surface area contributed by atoms with E-state index in [-0.39, 0.29) is 4.90 Å². The third-order valence-electron chi connectivity index (χ3n) is 3.14. The summed E-state index contributed by atoms with van der Waals surface area (Å²) in [6.45, 7) is 11.0. The van der Waals surface area contributed by atoms with Crippen LogP contribution in [0.1, 0.15) is 37.5 Å². The highest BCUT2D eigenvalue weighted by Gasteiger charge is 2.31. The van der Waals surface area contributed by atoms with Crippen molar-refractivity contribution in [1.29, 1.82) is 5.26 Å². The van der Waals surface area contributed by atoms with Gasteiger partial charge in [-0.15, -0.1) is 0 Å². The summed E-state index contributed by atoms with van der Waals surface area (Å²) in [5.41, 5.74) is 1.95. The maximum Gasteiger partial charge on any atom is 0.242 e. The molecule has 1 N–H and O–H groups in total. The highest BCUT2D eigenvalue weighted by Crippen LogP contribution is 2.25. The van der Waals surface area contributed by atoms with Crippen molar-refractivity contribution in [1.82, 2.24) is 4.72 Å². The zero-order valence-corrected chi connectivity index (χ0v) is 13.7. The molecular weight excluding hydrogens is 272 g/mol. The Balaban J connectivity index is 3.30. The van der Waals surface area contributed by atoms with E-state index in [1.54, 1.807) is 13.8 Å². The van der Waals surface area contributed by atoms with Crippen LogP contribution >= 0.6 is 0 Å². The van der Waals surface area contributed by atoms with Gasteiger partial charge in [0.2, 0.25) is 10.0 Å². The lowest BCUT2D eigenvalue weighted by Crippen LogP contribution is -2.42. The van der Waals surface area contributed by atoms with Crippen LogP contribution in [-0.2, 0) is 10.0 Å². The van der Waals surface area contributed by atoms with E-state index in [0.29, 0.717) is 11.1 Å². The molecule has 5 heteroatoms. The molecule has 0 aromatic heterocycles. The Morgan fingerprint density at radius 3 is 1.95 bits per heavy atom. The van der Waals surface area contributed by atoms with Crippen molar-refractivity contribution in [3.63, 3.8) is 0 Å². The number of nitriles is 1. The molecule has 0 unspecified atom stereocenters. The SMILES string of the molecule is Cc1cc(C)c(S(=O)(=O)N[C@@H](C#N)C(C)(C)C)c(C)c1. The number of aryl methyl sites for hydroxylation is 3. The number of nitrogens with zero attached hydrogens (tertiary/aromatic N) is 1. The van der Waals surface area contributed by atoms with Gasteiger partial charge in [0.25, 0.3) is 0 Å². The molecule has 0 heterocycles. The van der Waals surface area contributed by atoms with Crippen LogP contribution in [0.5, 0.6) is 0 Å². The van der Waals surface area contributed by atoms with Crippen LogP contribution in [0, 0.1) is 37.5 Å². The summed E-state index contributed by atoms with van der Waals surface area (Å²) in [6.07, 6.45) is 0. The Hall–Kier alpha value is -1.38. The van der Waals surface area contributed by atoms with Gasteiger partial charge in [-0.05, 0) is 37.3 Å². The highest BCUT2D eigenvalue weighted by atomic mass is 32.2. The molecule has 1 rings (SSSR count).